The van der Waals surface area contributed by atoms with Crippen LogP contribution in [-0.4, -0.2) is 34.7 Å². The molecule has 7 nitrogen and oxygen atoms in total. The first kappa shape index (κ1) is 19.2. The fraction of sp³-hybridized carbons (Fsp3) is 0.368. The number of amides is 1. The Kier molecular flexibility index (Phi) is 6.28. The largest absolute Gasteiger partial charge is 0.469 e. The molecule has 1 aliphatic carbocycles. The highest BCUT2D eigenvalue weighted by Crippen LogP contribution is 2.29. The van der Waals surface area contributed by atoms with Crippen molar-refractivity contribution in [2.24, 2.45) is 0 Å². The summed E-state index contributed by atoms with van der Waals surface area (Å²) in [6, 6.07) is 9.42. The summed E-state index contributed by atoms with van der Waals surface area (Å²) in [6.07, 6.45) is 2.91. The molecule has 0 saturated heterocycles. The lowest BCUT2D eigenvalue weighted by Crippen LogP contribution is -2.32. The van der Waals surface area contributed by atoms with E-state index in [1.165, 1.54) is 24.3 Å². The van der Waals surface area contributed by atoms with E-state index in [1.54, 1.807) is 0 Å². The third-order valence-electron chi connectivity index (χ3n) is 4.37. The molecule has 1 atom stereocenters. The molecule has 1 aromatic carbocycles. The van der Waals surface area contributed by atoms with Crippen LogP contribution in [0.4, 0.5) is 0 Å². The number of carbonyl (C=O) groups is 2. The second-order valence-corrected chi connectivity index (χ2v) is 7.26. The lowest BCUT2D eigenvalue weighted by molar-refractivity contribution is -0.139. The second kappa shape index (κ2) is 8.85. The van der Waals surface area contributed by atoms with Crippen LogP contribution in [0.5, 0.6) is 0 Å². The fourth-order valence-corrected chi connectivity index (χ4v) is 3.84. The molecular formula is C19H21N3O4S. The van der Waals surface area contributed by atoms with Crippen molar-refractivity contribution in [3.63, 3.8) is 0 Å². The number of thioether (sulfide) groups is 1. The van der Waals surface area contributed by atoms with E-state index in [4.69, 9.17) is 0 Å². The zero-order chi connectivity index (χ0) is 19.2. The van der Waals surface area contributed by atoms with Crippen molar-refractivity contribution in [2.75, 3.05) is 12.9 Å². The topological polar surface area (TPSA) is 101 Å². The zero-order valence-electron chi connectivity index (χ0n) is 15.0. The van der Waals surface area contributed by atoms with E-state index in [1.807, 2.05) is 12.1 Å². The molecule has 1 unspecified atom stereocenters. The van der Waals surface area contributed by atoms with Gasteiger partial charge in [0.15, 0.2) is 5.16 Å². The highest BCUT2D eigenvalue weighted by Gasteiger charge is 2.21. The van der Waals surface area contributed by atoms with Crippen molar-refractivity contribution in [3.05, 3.63) is 57.5 Å². The fourth-order valence-electron chi connectivity index (χ4n) is 3.14. The third kappa shape index (κ3) is 5.19. The quantitative estimate of drug-likeness (QED) is 0.445. The van der Waals surface area contributed by atoms with Gasteiger partial charge in [-0.1, -0.05) is 36.0 Å². The summed E-state index contributed by atoms with van der Waals surface area (Å²) in [7, 11) is 1.28. The maximum atomic E-state index is 12.4. The Hall–Kier alpha value is -2.61. The molecule has 1 aliphatic rings. The Morgan fingerprint density at radius 1 is 1.37 bits per heavy atom. The van der Waals surface area contributed by atoms with E-state index in [0.717, 1.165) is 31.0 Å². The predicted molar refractivity (Wildman–Crippen MR) is 102 cm³/mol. The number of ether oxygens (including phenoxy) is 1. The summed E-state index contributed by atoms with van der Waals surface area (Å²) in [5.74, 6) is -0.469. The first-order valence-corrected chi connectivity index (χ1v) is 9.70. The number of carbonyl (C=O) groups excluding carboxylic acids is 2. The number of rotatable bonds is 6. The van der Waals surface area contributed by atoms with Crippen molar-refractivity contribution in [3.8, 4) is 0 Å². The van der Waals surface area contributed by atoms with Gasteiger partial charge in [0.2, 0.25) is 5.91 Å². The van der Waals surface area contributed by atoms with Crippen LogP contribution in [0, 0.1) is 0 Å². The molecule has 3 rings (SSSR count). The first-order valence-electron chi connectivity index (χ1n) is 8.72. The number of nitrogens with one attached hydrogen (secondary N) is 2. The van der Waals surface area contributed by atoms with Crippen LogP contribution in [-0.2, 0) is 27.2 Å². The summed E-state index contributed by atoms with van der Waals surface area (Å²) in [5, 5.41) is 3.37. The van der Waals surface area contributed by atoms with Crippen LogP contribution < -0.4 is 10.9 Å². The van der Waals surface area contributed by atoms with E-state index in [2.05, 4.69) is 32.2 Å². The van der Waals surface area contributed by atoms with E-state index in [-0.39, 0.29) is 29.7 Å². The Morgan fingerprint density at radius 3 is 3.00 bits per heavy atom. The molecule has 2 N–H and O–H groups in total. The molecule has 0 fully saturated rings. The SMILES string of the molecule is COC(=O)Cc1cc(=O)[nH]c(SCC(=O)NC2CCCc3ccccc32)n1. The lowest BCUT2D eigenvalue weighted by Gasteiger charge is -2.26. The number of nitrogens with zero attached hydrogens (tertiary/aromatic N) is 1. The van der Waals surface area contributed by atoms with Gasteiger partial charge in [0, 0.05) is 6.07 Å². The Labute approximate surface area is 160 Å². The molecule has 0 spiro atoms. The normalized spacial score (nSPS) is 15.7. The first-order chi connectivity index (χ1) is 13.0. The molecule has 0 saturated carbocycles. The number of hydrogen-bond acceptors (Lipinski definition) is 6. The van der Waals surface area contributed by atoms with Gasteiger partial charge in [0.25, 0.3) is 5.56 Å². The summed E-state index contributed by atoms with van der Waals surface area (Å²) in [6.45, 7) is 0. The predicted octanol–water partition coefficient (Wildman–Crippen LogP) is 1.77. The standard InChI is InChI=1S/C19H21N3O4S/c1-26-18(25)10-13-9-16(23)22-19(20-13)27-11-17(24)21-15-8-4-6-12-5-2-3-7-14(12)15/h2-3,5,7,9,15H,4,6,8,10-11H2,1H3,(H,21,24)(H,20,22,23). The van der Waals surface area contributed by atoms with Crippen molar-refractivity contribution in [1.82, 2.24) is 15.3 Å². The number of benzene rings is 1. The van der Waals surface area contributed by atoms with Crippen LogP contribution in [0.25, 0.3) is 0 Å². The van der Waals surface area contributed by atoms with E-state index < -0.39 is 5.97 Å². The van der Waals surface area contributed by atoms with Gasteiger partial charge in [0.1, 0.15) is 0 Å². The van der Waals surface area contributed by atoms with Crippen LogP contribution in [0.1, 0.15) is 35.7 Å². The smallest absolute Gasteiger partial charge is 0.311 e. The molecule has 1 heterocycles. The minimum atomic E-state index is -0.474. The monoisotopic (exact) mass is 387 g/mol. The molecule has 1 aromatic heterocycles. The molecule has 2 aromatic rings. The molecule has 142 valence electrons. The molecule has 0 aliphatic heterocycles. The molecule has 0 radical (unpaired) electrons. The maximum Gasteiger partial charge on any atom is 0.311 e. The van der Waals surface area contributed by atoms with E-state index in [0.29, 0.717) is 10.9 Å². The third-order valence-corrected chi connectivity index (χ3v) is 5.24. The number of hydrogen-bond donors (Lipinski definition) is 2. The molecular weight excluding hydrogens is 366 g/mol. The van der Waals surface area contributed by atoms with Crippen molar-refractivity contribution >= 4 is 23.6 Å². The van der Waals surface area contributed by atoms with Crippen LogP contribution in [0.2, 0.25) is 0 Å². The molecule has 8 heteroatoms. The van der Waals surface area contributed by atoms with Gasteiger partial charge in [-0.25, -0.2) is 4.98 Å². The number of H-pyrrole nitrogens is 1. The minimum Gasteiger partial charge on any atom is -0.469 e. The summed E-state index contributed by atoms with van der Waals surface area (Å²) < 4.78 is 4.58. The highest BCUT2D eigenvalue weighted by molar-refractivity contribution is 7.99. The maximum absolute atomic E-state index is 12.4. The highest BCUT2D eigenvalue weighted by atomic mass is 32.2. The van der Waals surface area contributed by atoms with Gasteiger partial charge in [-0.3, -0.25) is 14.4 Å². The summed E-state index contributed by atoms with van der Waals surface area (Å²) >= 11 is 1.13. The van der Waals surface area contributed by atoms with E-state index in [9.17, 15) is 14.4 Å². The number of aromatic nitrogens is 2. The number of fused-ring (bicyclic) bond motifs is 1. The van der Waals surface area contributed by atoms with Gasteiger partial charge in [-0.15, -0.1) is 0 Å². The van der Waals surface area contributed by atoms with Gasteiger partial charge in [-0.05, 0) is 30.4 Å². The van der Waals surface area contributed by atoms with E-state index >= 15 is 0 Å². The van der Waals surface area contributed by atoms with Crippen molar-refractivity contribution in [2.45, 2.75) is 36.9 Å². The van der Waals surface area contributed by atoms with Gasteiger partial charge in [-0.2, -0.15) is 0 Å². The van der Waals surface area contributed by atoms with Gasteiger partial charge in [0.05, 0.1) is 31.0 Å². The number of aromatic amines is 1. The second-order valence-electron chi connectivity index (χ2n) is 6.29. The average Bonchev–Trinajstić information content (AvgIpc) is 2.66. The van der Waals surface area contributed by atoms with Crippen LogP contribution in [0.3, 0.4) is 0 Å². The molecule has 1 amide bonds. The van der Waals surface area contributed by atoms with Crippen molar-refractivity contribution in [1.29, 1.82) is 0 Å². The van der Waals surface area contributed by atoms with Gasteiger partial charge < -0.3 is 15.0 Å². The Balaban J connectivity index is 1.60. The van der Waals surface area contributed by atoms with Crippen LogP contribution in [0.15, 0.2) is 40.3 Å². The van der Waals surface area contributed by atoms with Crippen LogP contribution >= 0.6 is 11.8 Å². The molecule has 27 heavy (non-hydrogen) atoms. The minimum absolute atomic E-state index is 0.0146. The Morgan fingerprint density at radius 2 is 2.19 bits per heavy atom. The number of esters is 1. The van der Waals surface area contributed by atoms with Crippen molar-refractivity contribution < 1.29 is 14.3 Å². The summed E-state index contributed by atoms with van der Waals surface area (Å²) in [5.41, 5.74) is 2.40. The Bertz CT molecular complexity index is 897. The number of methoxy groups -OCH3 is 1. The molecule has 0 bridgehead atoms. The number of aryl methyl sites for hydroxylation is 1. The van der Waals surface area contributed by atoms with Gasteiger partial charge >= 0.3 is 5.97 Å². The average molecular weight is 387 g/mol. The lowest BCUT2D eigenvalue weighted by atomic mass is 9.88. The zero-order valence-corrected chi connectivity index (χ0v) is 15.8. The summed E-state index contributed by atoms with van der Waals surface area (Å²) in [4.78, 5) is 42.2.